The van der Waals surface area contributed by atoms with Crippen molar-refractivity contribution in [2.24, 2.45) is 0 Å². The number of aromatic nitrogens is 2. The minimum Gasteiger partial charge on any atom is -0.335 e. The van der Waals surface area contributed by atoms with Crippen LogP contribution in [0.2, 0.25) is 0 Å². The fraction of sp³-hybridized carbons (Fsp3) is 0.417. The third-order valence-corrected chi connectivity index (χ3v) is 9.37. The molecule has 34 heavy (non-hydrogen) atoms. The quantitative estimate of drug-likeness (QED) is 0.539. The maximum Gasteiger partial charge on any atom is 0.282 e. The summed E-state index contributed by atoms with van der Waals surface area (Å²) in [4.78, 5) is 16.3. The summed E-state index contributed by atoms with van der Waals surface area (Å²) < 4.78 is 31.1. The van der Waals surface area contributed by atoms with E-state index in [1.165, 1.54) is 4.31 Å². The Morgan fingerprint density at radius 3 is 2.15 bits per heavy atom. The standard InChI is InChI=1S/C24H29N5O3S2/c30-24(26-14-16-28(17-15-26)34(31,32)27-12-6-1-2-7-13-27)22-19-21(23-11-8-18-33-23)25-29(22)20-9-4-3-5-10-20/h3-5,8-11,18-19H,1-2,6-7,12-17H2. The van der Waals surface area contributed by atoms with Crippen LogP contribution in [0.3, 0.4) is 0 Å². The van der Waals surface area contributed by atoms with Gasteiger partial charge in [-0.25, -0.2) is 4.68 Å². The average molecular weight is 500 g/mol. The molecule has 2 aliphatic rings. The maximum atomic E-state index is 13.6. The van der Waals surface area contributed by atoms with Crippen LogP contribution in [0.5, 0.6) is 0 Å². The predicted octanol–water partition coefficient (Wildman–Crippen LogP) is 3.48. The van der Waals surface area contributed by atoms with Gasteiger partial charge in [0, 0.05) is 39.3 Å². The third kappa shape index (κ3) is 4.68. The predicted molar refractivity (Wildman–Crippen MR) is 133 cm³/mol. The molecule has 0 unspecified atom stereocenters. The molecule has 8 nitrogen and oxygen atoms in total. The molecule has 0 radical (unpaired) electrons. The Morgan fingerprint density at radius 1 is 0.824 bits per heavy atom. The van der Waals surface area contributed by atoms with E-state index in [-0.39, 0.29) is 5.91 Å². The van der Waals surface area contributed by atoms with Crippen molar-refractivity contribution in [3.63, 3.8) is 0 Å². The zero-order chi connectivity index (χ0) is 23.5. The minimum atomic E-state index is -3.49. The molecule has 2 saturated heterocycles. The smallest absolute Gasteiger partial charge is 0.282 e. The Morgan fingerprint density at radius 2 is 1.50 bits per heavy atom. The van der Waals surface area contributed by atoms with Gasteiger partial charge in [0.25, 0.3) is 16.1 Å². The lowest BCUT2D eigenvalue weighted by atomic mass is 10.2. The first kappa shape index (κ1) is 23.2. The number of nitrogens with zero attached hydrogens (tertiary/aromatic N) is 5. The summed E-state index contributed by atoms with van der Waals surface area (Å²) >= 11 is 1.58. The molecular weight excluding hydrogens is 470 g/mol. The Labute approximate surface area is 204 Å². The molecule has 1 aromatic carbocycles. The van der Waals surface area contributed by atoms with E-state index in [4.69, 9.17) is 5.10 Å². The lowest BCUT2D eigenvalue weighted by Crippen LogP contribution is -2.54. The van der Waals surface area contributed by atoms with Gasteiger partial charge in [0.15, 0.2) is 0 Å². The summed E-state index contributed by atoms with van der Waals surface area (Å²) in [6.45, 7) is 2.51. The van der Waals surface area contributed by atoms with Gasteiger partial charge in [0.1, 0.15) is 11.4 Å². The van der Waals surface area contributed by atoms with Crippen molar-refractivity contribution >= 4 is 27.5 Å². The lowest BCUT2D eigenvalue weighted by molar-refractivity contribution is 0.0685. The minimum absolute atomic E-state index is 0.133. The molecule has 4 heterocycles. The highest BCUT2D eigenvalue weighted by Crippen LogP contribution is 2.27. The van der Waals surface area contributed by atoms with Crippen molar-refractivity contribution < 1.29 is 13.2 Å². The van der Waals surface area contributed by atoms with Gasteiger partial charge in [0.05, 0.1) is 10.6 Å². The topological polar surface area (TPSA) is 78.8 Å². The van der Waals surface area contributed by atoms with E-state index >= 15 is 0 Å². The molecule has 3 aromatic rings. The molecule has 0 atom stereocenters. The van der Waals surface area contributed by atoms with Gasteiger partial charge in [-0.05, 0) is 42.5 Å². The molecule has 0 spiro atoms. The number of carbonyl (C=O) groups excluding carboxylic acids is 1. The summed E-state index contributed by atoms with van der Waals surface area (Å²) in [7, 11) is -3.49. The molecule has 5 rings (SSSR count). The lowest BCUT2D eigenvalue weighted by Gasteiger charge is -2.36. The highest BCUT2D eigenvalue weighted by Gasteiger charge is 2.34. The highest BCUT2D eigenvalue weighted by molar-refractivity contribution is 7.86. The second-order valence-corrected chi connectivity index (χ2v) is 11.5. The van der Waals surface area contributed by atoms with Crippen LogP contribution in [0.15, 0.2) is 53.9 Å². The van der Waals surface area contributed by atoms with Crippen LogP contribution in [-0.4, -0.2) is 76.9 Å². The number of thiophene rings is 1. The fourth-order valence-corrected chi connectivity index (χ4v) is 6.92. The Bertz CT molecular complexity index is 1210. The van der Waals surface area contributed by atoms with Gasteiger partial charge in [-0.1, -0.05) is 37.1 Å². The number of carbonyl (C=O) groups is 1. The molecule has 10 heteroatoms. The molecule has 0 bridgehead atoms. The fourth-order valence-electron chi connectivity index (χ4n) is 4.56. The Kier molecular flexibility index (Phi) is 6.82. The van der Waals surface area contributed by atoms with E-state index in [1.54, 1.807) is 25.2 Å². The van der Waals surface area contributed by atoms with Crippen LogP contribution in [0.4, 0.5) is 0 Å². The monoisotopic (exact) mass is 499 g/mol. The molecule has 2 aliphatic heterocycles. The van der Waals surface area contributed by atoms with E-state index in [2.05, 4.69) is 0 Å². The number of hydrogen-bond donors (Lipinski definition) is 0. The normalized spacial score (nSPS) is 18.6. The molecular formula is C24H29N5O3S2. The van der Waals surface area contributed by atoms with Crippen molar-refractivity contribution in [1.29, 1.82) is 0 Å². The number of rotatable bonds is 5. The number of benzene rings is 1. The molecule has 0 aliphatic carbocycles. The van der Waals surface area contributed by atoms with Crippen molar-refractivity contribution in [3.8, 4) is 16.3 Å². The summed E-state index contributed by atoms with van der Waals surface area (Å²) in [5, 5.41) is 6.72. The van der Waals surface area contributed by atoms with Gasteiger partial charge in [-0.3, -0.25) is 4.79 Å². The maximum absolute atomic E-state index is 13.6. The zero-order valence-electron chi connectivity index (χ0n) is 19.0. The molecule has 0 saturated carbocycles. The van der Waals surface area contributed by atoms with Gasteiger partial charge < -0.3 is 4.90 Å². The third-order valence-electron chi connectivity index (χ3n) is 6.45. The van der Waals surface area contributed by atoms with Crippen molar-refractivity contribution in [1.82, 2.24) is 23.3 Å². The number of hydrogen-bond acceptors (Lipinski definition) is 5. The summed E-state index contributed by atoms with van der Waals surface area (Å²) in [6, 6.07) is 15.4. The number of piperazine rings is 1. The first-order valence-electron chi connectivity index (χ1n) is 11.8. The van der Waals surface area contributed by atoms with Crippen molar-refractivity contribution in [2.45, 2.75) is 25.7 Å². The van der Waals surface area contributed by atoms with Crippen LogP contribution in [0.25, 0.3) is 16.3 Å². The van der Waals surface area contributed by atoms with Gasteiger partial charge in [-0.2, -0.15) is 22.1 Å². The van der Waals surface area contributed by atoms with Gasteiger partial charge in [-0.15, -0.1) is 11.3 Å². The highest BCUT2D eigenvalue weighted by atomic mass is 32.2. The van der Waals surface area contributed by atoms with E-state index < -0.39 is 10.2 Å². The van der Waals surface area contributed by atoms with Crippen LogP contribution >= 0.6 is 11.3 Å². The van der Waals surface area contributed by atoms with E-state index in [0.717, 1.165) is 41.9 Å². The molecule has 2 aromatic heterocycles. The molecule has 2 fully saturated rings. The first-order chi connectivity index (χ1) is 16.5. The van der Waals surface area contributed by atoms with Gasteiger partial charge in [0.2, 0.25) is 0 Å². The zero-order valence-corrected chi connectivity index (χ0v) is 20.7. The molecule has 0 N–H and O–H groups in total. The van der Waals surface area contributed by atoms with Crippen molar-refractivity contribution in [2.75, 3.05) is 39.3 Å². The molecule has 1 amide bonds. The average Bonchev–Trinajstić information content (AvgIpc) is 3.48. The first-order valence-corrected chi connectivity index (χ1v) is 14.1. The number of para-hydroxylation sites is 1. The van der Waals surface area contributed by atoms with E-state index in [1.807, 2.05) is 53.9 Å². The SMILES string of the molecule is O=C(c1cc(-c2cccs2)nn1-c1ccccc1)N1CCN(S(=O)(=O)N2CCCCCC2)CC1. The summed E-state index contributed by atoms with van der Waals surface area (Å²) in [5.74, 6) is -0.133. The van der Waals surface area contributed by atoms with Crippen LogP contribution < -0.4 is 0 Å². The van der Waals surface area contributed by atoms with E-state index in [0.29, 0.717) is 45.0 Å². The summed E-state index contributed by atoms with van der Waals surface area (Å²) in [5.41, 5.74) is 2.05. The Balaban J connectivity index is 1.34. The second kappa shape index (κ2) is 9.99. The van der Waals surface area contributed by atoms with Crippen LogP contribution in [-0.2, 0) is 10.2 Å². The van der Waals surface area contributed by atoms with E-state index in [9.17, 15) is 13.2 Å². The van der Waals surface area contributed by atoms with Crippen molar-refractivity contribution in [3.05, 3.63) is 59.6 Å². The van der Waals surface area contributed by atoms with Gasteiger partial charge >= 0.3 is 0 Å². The van der Waals surface area contributed by atoms with Crippen LogP contribution in [0, 0.1) is 0 Å². The molecule has 180 valence electrons. The van der Waals surface area contributed by atoms with Crippen LogP contribution in [0.1, 0.15) is 36.2 Å². The summed E-state index contributed by atoms with van der Waals surface area (Å²) in [6.07, 6.45) is 3.98. The second-order valence-electron chi connectivity index (χ2n) is 8.65. The largest absolute Gasteiger partial charge is 0.335 e. The Hall–Kier alpha value is -2.53. The number of amides is 1.